The zero-order valence-electron chi connectivity index (χ0n) is 22.0. The number of hydrogen-bond donors (Lipinski definition) is 3. The van der Waals surface area contributed by atoms with E-state index in [9.17, 15) is 9.59 Å². The van der Waals surface area contributed by atoms with Crippen molar-refractivity contribution in [1.29, 1.82) is 0 Å². The van der Waals surface area contributed by atoms with E-state index in [0.717, 1.165) is 32.1 Å². The highest BCUT2D eigenvalue weighted by molar-refractivity contribution is 6.47. The molecule has 2 amide bonds. The van der Waals surface area contributed by atoms with Gasteiger partial charge in [-0.05, 0) is 62.2 Å². The first-order valence-electron chi connectivity index (χ1n) is 13.1. The van der Waals surface area contributed by atoms with Crippen molar-refractivity contribution in [1.82, 2.24) is 10.6 Å². The van der Waals surface area contributed by atoms with Crippen molar-refractivity contribution in [2.75, 3.05) is 6.54 Å². The number of carbonyl (C=O) groups is 2. The molecule has 1 aliphatic heterocycles. The molecule has 196 valence electrons. The van der Waals surface area contributed by atoms with Gasteiger partial charge in [-0.1, -0.05) is 47.5 Å². The van der Waals surface area contributed by atoms with Gasteiger partial charge in [-0.25, -0.2) is 0 Å². The second kappa shape index (κ2) is 11.9. The van der Waals surface area contributed by atoms with Crippen LogP contribution in [-0.4, -0.2) is 49.2 Å². The molecule has 4 aliphatic rings. The van der Waals surface area contributed by atoms with Crippen LogP contribution in [0.5, 0.6) is 0 Å². The van der Waals surface area contributed by atoms with Gasteiger partial charge >= 0.3 is 7.12 Å². The summed E-state index contributed by atoms with van der Waals surface area (Å²) in [7, 11) is -0.462. The molecular formula is C25H47BClN3O4. The van der Waals surface area contributed by atoms with Crippen LogP contribution >= 0.6 is 12.4 Å². The van der Waals surface area contributed by atoms with Crippen LogP contribution in [0.3, 0.4) is 0 Å². The second-order valence-corrected chi connectivity index (χ2v) is 11.8. The van der Waals surface area contributed by atoms with E-state index in [1.165, 1.54) is 6.42 Å². The van der Waals surface area contributed by atoms with E-state index in [2.05, 4.69) is 52.2 Å². The van der Waals surface area contributed by atoms with Gasteiger partial charge in [0.15, 0.2) is 0 Å². The van der Waals surface area contributed by atoms with Crippen molar-refractivity contribution in [3.05, 3.63) is 0 Å². The van der Waals surface area contributed by atoms with E-state index in [1.54, 1.807) is 0 Å². The molecule has 7 nitrogen and oxygen atoms in total. The Morgan fingerprint density at radius 2 is 1.88 bits per heavy atom. The fourth-order valence-electron chi connectivity index (χ4n) is 6.22. The van der Waals surface area contributed by atoms with E-state index in [1.807, 2.05) is 0 Å². The summed E-state index contributed by atoms with van der Waals surface area (Å²) in [4.78, 5) is 24.9. The minimum Gasteiger partial charge on any atom is -0.404 e. The fourth-order valence-corrected chi connectivity index (χ4v) is 6.22. The number of rotatable bonds is 12. The van der Waals surface area contributed by atoms with Crippen LogP contribution < -0.4 is 16.4 Å². The predicted octanol–water partition coefficient (Wildman–Crippen LogP) is 3.62. The van der Waals surface area contributed by atoms with Crippen LogP contribution in [0, 0.1) is 23.2 Å². The summed E-state index contributed by atoms with van der Waals surface area (Å²) < 4.78 is 13.0. The van der Waals surface area contributed by atoms with E-state index >= 15 is 0 Å². The van der Waals surface area contributed by atoms with Gasteiger partial charge in [-0.3, -0.25) is 9.59 Å². The molecule has 0 aromatic heterocycles. The minimum atomic E-state index is -0.730. The van der Waals surface area contributed by atoms with Gasteiger partial charge in [0.25, 0.3) is 0 Å². The number of nitrogens with one attached hydrogen (secondary N) is 2. The highest BCUT2D eigenvalue weighted by atomic mass is 35.5. The number of halogens is 1. The molecule has 4 rings (SSSR count). The lowest BCUT2D eigenvalue weighted by Gasteiger charge is -2.64. The van der Waals surface area contributed by atoms with E-state index < -0.39 is 13.2 Å². The zero-order chi connectivity index (χ0) is 24.4. The lowest BCUT2D eigenvalue weighted by molar-refractivity contribution is -0.199. The maximum absolute atomic E-state index is 12.9. The summed E-state index contributed by atoms with van der Waals surface area (Å²) in [6, 6.07) is -0.730. The van der Waals surface area contributed by atoms with Crippen molar-refractivity contribution in [3.8, 4) is 0 Å². The molecule has 0 spiro atoms. The lowest BCUT2D eigenvalue weighted by atomic mass is 9.43. The van der Waals surface area contributed by atoms with Crippen molar-refractivity contribution < 1.29 is 18.9 Å². The van der Waals surface area contributed by atoms with Crippen LogP contribution in [0.4, 0.5) is 0 Å². The van der Waals surface area contributed by atoms with Gasteiger partial charge in [0, 0.05) is 13.0 Å². The van der Waals surface area contributed by atoms with Crippen LogP contribution in [-0.2, 0) is 18.9 Å². The monoisotopic (exact) mass is 499 g/mol. The Kier molecular flexibility index (Phi) is 10.3. The molecule has 9 heteroatoms. The first kappa shape index (κ1) is 29.4. The van der Waals surface area contributed by atoms with Crippen molar-refractivity contribution in [3.63, 3.8) is 0 Å². The predicted molar refractivity (Wildman–Crippen MR) is 138 cm³/mol. The molecule has 0 aromatic rings. The third-order valence-corrected chi connectivity index (χ3v) is 8.47. The number of amides is 2. The van der Waals surface area contributed by atoms with Gasteiger partial charge < -0.3 is 25.7 Å². The minimum absolute atomic E-state index is 0. The fraction of sp³-hybridized carbons (Fsp3) is 0.920. The Hall–Kier alpha value is -0.825. The number of unbranched alkanes of at least 4 members (excludes halogenated alkanes) is 2. The van der Waals surface area contributed by atoms with Crippen molar-refractivity contribution in [2.24, 2.45) is 28.9 Å². The Morgan fingerprint density at radius 3 is 2.50 bits per heavy atom. The molecule has 3 aliphatic carbocycles. The molecule has 34 heavy (non-hydrogen) atoms. The Bertz CT molecular complexity index is 710. The summed E-state index contributed by atoms with van der Waals surface area (Å²) in [6.45, 7) is 14.0. The van der Waals surface area contributed by atoms with E-state index in [-0.39, 0.29) is 53.7 Å². The van der Waals surface area contributed by atoms with Crippen LogP contribution in [0.25, 0.3) is 0 Å². The normalized spacial score (nSPS) is 30.6. The highest BCUT2D eigenvalue weighted by Gasteiger charge is 2.68. The topological polar surface area (TPSA) is 103 Å². The molecule has 6 atom stereocenters. The van der Waals surface area contributed by atoms with E-state index in [4.69, 9.17) is 15.0 Å². The summed E-state index contributed by atoms with van der Waals surface area (Å²) in [5, 5.41) is 6.01. The van der Waals surface area contributed by atoms with Gasteiger partial charge in [0.1, 0.15) is 0 Å². The SMILES string of the molecule is CCCCCNC(=O)CC[C@H](N)C(=O)N[C@@H](CC(C)C)B1O[C@@H]2C[C@@H]3C[C@@H](C3(C)C)[C@]2(C)O1.Cl. The molecule has 1 heterocycles. The quantitative estimate of drug-likeness (QED) is 0.281. The molecule has 1 saturated heterocycles. The van der Waals surface area contributed by atoms with Gasteiger partial charge in [0.2, 0.25) is 11.8 Å². The molecule has 0 radical (unpaired) electrons. The third kappa shape index (κ3) is 6.29. The average Bonchev–Trinajstić information content (AvgIpc) is 3.11. The van der Waals surface area contributed by atoms with Crippen molar-refractivity contribution in [2.45, 2.75) is 117 Å². The summed E-state index contributed by atoms with van der Waals surface area (Å²) >= 11 is 0. The third-order valence-electron chi connectivity index (χ3n) is 8.47. The second-order valence-electron chi connectivity index (χ2n) is 11.8. The molecule has 0 unspecified atom stereocenters. The van der Waals surface area contributed by atoms with E-state index in [0.29, 0.717) is 30.7 Å². The summed E-state index contributed by atoms with van der Waals surface area (Å²) in [6.07, 6.45) is 6.82. The summed E-state index contributed by atoms with van der Waals surface area (Å²) in [5.41, 5.74) is 6.13. The molecule has 4 fully saturated rings. The molecular weight excluding hydrogens is 453 g/mol. The zero-order valence-corrected chi connectivity index (χ0v) is 22.8. The maximum atomic E-state index is 12.9. The highest BCUT2D eigenvalue weighted by Crippen LogP contribution is 2.65. The Labute approximate surface area is 213 Å². The van der Waals surface area contributed by atoms with Gasteiger partial charge in [-0.2, -0.15) is 0 Å². The average molecular weight is 500 g/mol. The molecule has 4 N–H and O–H groups in total. The van der Waals surface area contributed by atoms with Crippen LogP contribution in [0.2, 0.25) is 0 Å². The first-order chi connectivity index (χ1) is 15.5. The van der Waals surface area contributed by atoms with Crippen molar-refractivity contribution >= 4 is 31.3 Å². The molecule has 3 saturated carbocycles. The maximum Gasteiger partial charge on any atom is 0.481 e. The largest absolute Gasteiger partial charge is 0.481 e. The summed E-state index contributed by atoms with van der Waals surface area (Å²) in [5.74, 6) is 0.989. The number of nitrogens with two attached hydrogens (primary N) is 1. The van der Waals surface area contributed by atoms with Gasteiger partial charge in [0.05, 0.1) is 23.7 Å². The number of carbonyl (C=O) groups excluding carboxylic acids is 2. The Morgan fingerprint density at radius 1 is 1.18 bits per heavy atom. The standard InChI is InChI=1S/C25H46BN3O4.ClH/c1-7-8-9-12-28-22(30)11-10-18(27)23(31)29-21(13-16(2)3)26-32-20-15-17-14-19(24(17,4)5)25(20,6)33-26;/h16-21H,7-15,27H2,1-6H3,(H,28,30)(H,29,31);1H/t17-,18-,19-,20+,21-,25-;/m0./s1. The Balaban J connectivity index is 0.00000408. The first-order valence-corrected chi connectivity index (χ1v) is 13.1. The molecule has 0 aromatic carbocycles. The van der Waals surface area contributed by atoms with Gasteiger partial charge in [-0.15, -0.1) is 12.4 Å². The lowest BCUT2D eigenvalue weighted by Crippen LogP contribution is -2.65. The van der Waals surface area contributed by atoms with Crippen LogP contribution in [0.1, 0.15) is 92.9 Å². The molecule has 2 bridgehead atoms. The van der Waals surface area contributed by atoms with Crippen LogP contribution in [0.15, 0.2) is 0 Å². The number of hydrogen-bond acceptors (Lipinski definition) is 5. The smallest absolute Gasteiger partial charge is 0.404 e.